The van der Waals surface area contributed by atoms with Crippen molar-refractivity contribution in [3.8, 4) is 0 Å². The van der Waals surface area contributed by atoms with E-state index in [1.165, 1.54) is 12.1 Å². The van der Waals surface area contributed by atoms with E-state index in [-0.39, 0.29) is 10.8 Å². The lowest BCUT2D eigenvalue weighted by molar-refractivity contribution is 0.0786. The molecule has 0 aliphatic heterocycles. The minimum Gasteiger partial charge on any atom is -0.389 e. The number of anilines is 1. The molecule has 1 amide bonds. The summed E-state index contributed by atoms with van der Waals surface area (Å²) in [4.78, 5) is 15.4. The van der Waals surface area contributed by atoms with Crippen LogP contribution < -0.4 is 4.72 Å². The van der Waals surface area contributed by atoms with Crippen molar-refractivity contribution in [2.75, 3.05) is 11.8 Å². The molecule has 0 bridgehead atoms. The largest absolute Gasteiger partial charge is 0.389 e. The van der Waals surface area contributed by atoms with Gasteiger partial charge < -0.3 is 10.0 Å². The lowest BCUT2D eigenvalue weighted by atomic mass is 10.1. The molecule has 0 unspecified atom stereocenters. The van der Waals surface area contributed by atoms with Crippen LogP contribution in [0.5, 0.6) is 0 Å². The van der Waals surface area contributed by atoms with Gasteiger partial charge in [-0.05, 0) is 60.3 Å². The van der Waals surface area contributed by atoms with Gasteiger partial charge in [0.05, 0.1) is 17.5 Å². The first-order chi connectivity index (χ1) is 13.8. The van der Waals surface area contributed by atoms with Crippen LogP contribution in [-0.4, -0.2) is 31.4 Å². The molecule has 152 valence electrons. The fraction of sp³-hybridized carbons (Fsp3) is 0.190. The van der Waals surface area contributed by atoms with E-state index >= 15 is 0 Å². The molecule has 0 saturated carbocycles. The van der Waals surface area contributed by atoms with Crippen molar-refractivity contribution < 1.29 is 18.3 Å². The van der Waals surface area contributed by atoms with Crippen molar-refractivity contribution in [1.82, 2.24) is 4.90 Å². The normalized spacial score (nSPS) is 12.4. The number of hydrogen-bond donors (Lipinski definition) is 2. The van der Waals surface area contributed by atoms with Gasteiger partial charge in [0, 0.05) is 23.2 Å². The van der Waals surface area contributed by atoms with Crippen LogP contribution in [0.3, 0.4) is 0 Å². The summed E-state index contributed by atoms with van der Waals surface area (Å²) in [6.45, 7) is 2.13. The molecular formula is C21H22N2O4S2. The molecule has 1 atom stereocenters. The third-order valence-electron chi connectivity index (χ3n) is 4.38. The Morgan fingerprint density at radius 2 is 1.76 bits per heavy atom. The maximum Gasteiger partial charge on any atom is 0.261 e. The maximum atomic E-state index is 12.5. The summed E-state index contributed by atoms with van der Waals surface area (Å²) in [6, 6.07) is 16.3. The van der Waals surface area contributed by atoms with Gasteiger partial charge in [-0.2, -0.15) is 0 Å². The van der Waals surface area contributed by atoms with E-state index in [0.717, 1.165) is 4.88 Å². The van der Waals surface area contributed by atoms with E-state index in [4.69, 9.17) is 0 Å². The van der Waals surface area contributed by atoms with Gasteiger partial charge in [0.25, 0.3) is 15.9 Å². The van der Waals surface area contributed by atoms with E-state index in [1.807, 2.05) is 17.5 Å². The molecule has 0 fully saturated rings. The summed E-state index contributed by atoms with van der Waals surface area (Å²) in [5.41, 5.74) is 1.48. The monoisotopic (exact) mass is 430 g/mol. The topological polar surface area (TPSA) is 86.7 Å². The number of nitrogens with zero attached hydrogens (tertiary/aromatic N) is 1. The van der Waals surface area contributed by atoms with Crippen molar-refractivity contribution in [1.29, 1.82) is 0 Å². The minimum absolute atomic E-state index is 0.0951. The molecule has 0 aliphatic rings. The van der Waals surface area contributed by atoms with Crippen molar-refractivity contribution in [3.05, 3.63) is 82.0 Å². The van der Waals surface area contributed by atoms with Crippen molar-refractivity contribution in [3.63, 3.8) is 0 Å². The standard InChI is InChI=1S/C21H22N2O4S2/c1-15(24)16-7-11-20(12-8-16)29(26,27)22-18-9-5-17(6-10-18)21(25)23(2)14-19-4-3-13-28-19/h3-13,15,22,24H,14H2,1-2H3/t15-/m0/s1. The molecule has 0 radical (unpaired) electrons. The van der Waals surface area contributed by atoms with Crippen molar-refractivity contribution in [2.45, 2.75) is 24.5 Å². The first-order valence-corrected chi connectivity index (χ1v) is 11.3. The molecular weight excluding hydrogens is 408 g/mol. The highest BCUT2D eigenvalue weighted by Crippen LogP contribution is 2.20. The number of amides is 1. The van der Waals surface area contributed by atoms with Crippen molar-refractivity contribution >= 4 is 33.0 Å². The zero-order valence-corrected chi connectivity index (χ0v) is 17.7. The number of benzene rings is 2. The van der Waals surface area contributed by atoms with Crippen LogP contribution in [-0.2, 0) is 16.6 Å². The van der Waals surface area contributed by atoms with E-state index in [9.17, 15) is 18.3 Å². The van der Waals surface area contributed by atoms with Crippen LogP contribution in [0.4, 0.5) is 5.69 Å². The van der Waals surface area contributed by atoms with Gasteiger partial charge in [-0.25, -0.2) is 8.42 Å². The number of thiophene rings is 1. The Labute approximate surface area is 174 Å². The lowest BCUT2D eigenvalue weighted by Crippen LogP contribution is -2.25. The summed E-state index contributed by atoms with van der Waals surface area (Å²) in [5, 5.41) is 11.5. The fourth-order valence-electron chi connectivity index (χ4n) is 2.75. The van der Waals surface area contributed by atoms with E-state index in [1.54, 1.807) is 66.6 Å². The Hall–Kier alpha value is -2.68. The molecule has 29 heavy (non-hydrogen) atoms. The first kappa shape index (κ1) is 21.0. The molecule has 8 heteroatoms. The van der Waals surface area contributed by atoms with E-state index < -0.39 is 16.1 Å². The van der Waals surface area contributed by atoms with Crippen LogP contribution in [0.25, 0.3) is 0 Å². The number of nitrogens with one attached hydrogen (secondary N) is 1. The number of aliphatic hydroxyl groups is 1. The van der Waals surface area contributed by atoms with E-state index in [2.05, 4.69) is 4.72 Å². The van der Waals surface area contributed by atoms with Gasteiger partial charge in [0.2, 0.25) is 0 Å². The van der Waals surface area contributed by atoms with Crippen molar-refractivity contribution in [2.24, 2.45) is 0 Å². The number of carbonyl (C=O) groups excluding carboxylic acids is 1. The zero-order chi connectivity index (χ0) is 21.0. The molecule has 1 heterocycles. The highest BCUT2D eigenvalue weighted by atomic mass is 32.2. The number of carbonyl (C=O) groups is 1. The predicted molar refractivity (Wildman–Crippen MR) is 114 cm³/mol. The highest BCUT2D eigenvalue weighted by Gasteiger charge is 2.16. The summed E-state index contributed by atoms with van der Waals surface area (Å²) < 4.78 is 27.6. The Morgan fingerprint density at radius 3 is 2.31 bits per heavy atom. The summed E-state index contributed by atoms with van der Waals surface area (Å²) in [5.74, 6) is -0.137. The lowest BCUT2D eigenvalue weighted by Gasteiger charge is -2.16. The number of aliphatic hydroxyl groups excluding tert-OH is 1. The van der Waals surface area contributed by atoms with Gasteiger partial charge in [0.1, 0.15) is 0 Å². The Morgan fingerprint density at radius 1 is 1.10 bits per heavy atom. The van der Waals surface area contributed by atoms with Gasteiger partial charge in [-0.1, -0.05) is 18.2 Å². The average Bonchev–Trinajstić information content (AvgIpc) is 3.21. The molecule has 6 nitrogen and oxygen atoms in total. The van der Waals surface area contributed by atoms with Gasteiger partial charge in [-0.15, -0.1) is 11.3 Å². The molecule has 3 rings (SSSR count). The van der Waals surface area contributed by atoms with Crippen LogP contribution in [0.2, 0.25) is 0 Å². The molecule has 1 aromatic heterocycles. The Balaban J connectivity index is 1.68. The Kier molecular flexibility index (Phi) is 6.36. The van der Waals surface area contributed by atoms with Gasteiger partial charge in [-0.3, -0.25) is 9.52 Å². The quantitative estimate of drug-likeness (QED) is 0.596. The van der Waals surface area contributed by atoms with Crippen LogP contribution in [0, 0.1) is 0 Å². The third-order valence-corrected chi connectivity index (χ3v) is 6.64. The number of sulfonamides is 1. The second kappa shape index (κ2) is 8.77. The van der Waals surface area contributed by atoms with E-state index in [0.29, 0.717) is 23.4 Å². The summed E-state index contributed by atoms with van der Waals surface area (Å²) in [6.07, 6.45) is -0.664. The van der Waals surface area contributed by atoms with Gasteiger partial charge in [0.15, 0.2) is 0 Å². The molecule has 2 N–H and O–H groups in total. The van der Waals surface area contributed by atoms with Gasteiger partial charge >= 0.3 is 0 Å². The smallest absolute Gasteiger partial charge is 0.261 e. The molecule has 2 aromatic carbocycles. The maximum absolute atomic E-state index is 12.5. The summed E-state index contributed by atoms with van der Waals surface area (Å²) in [7, 11) is -2.03. The molecule has 0 saturated heterocycles. The average molecular weight is 431 g/mol. The van der Waals surface area contributed by atoms with Crippen LogP contribution >= 0.6 is 11.3 Å². The second-order valence-corrected chi connectivity index (χ2v) is 9.38. The number of rotatable bonds is 7. The SMILES string of the molecule is C[C@H](O)c1ccc(S(=O)(=O)Nc2ccc(C(=O)N(C)Cc3cccs3)cc2)cc1. The first-order valence-electron chi connectivity index (χ1n) is 8.95. The molecule has 0 aliphatic carbocycles. The summed E-state index contributed by atoms with van der Waals surface area (Å²) >= 11 is 1.59. The second-order valence-electron chi connectivity index (χ2n) is 6.67. The molecule has 3 aromatic rings. The third kappa shape index (κ3) is 5.23. The fourth-order valence-corrected chi connectivity index (χ4v) is 4.56. The zero-order valence-electron chi connectivity index (χ0n) is 16.1. The Bertz CT molecular complexity index is 1060. The van der Waals surface area contributed by atoms with Crippen LogP contribution in [0.1, 0.15) is 33.8 Å². The van der Waals surface area contributed by atoms with Crippen LogP contribution in [0.15, 0.2) is 70.9 Å². The molecule has 0 spiro atoms. The predicted octanol–water partition coefficient (Wildman–Crippen LogP) is 3.87. The highest BCUT2D eigenvalue weighted by molar-refractivity contribution is 7.92. The minimum atomic E-state index is -3.77. The number of hydrogen-bond acceptors (Lipinski definition) is 5.